The fourth-order valence-corrected chi connectivity index (χ4v) is 3.36. The van der Waals surface area contributed by atoms with Crippen molar-refractivity contribution in [3.63, 3.8) is 0 Å². The molecule has 1 aliphatic rings. The first-order valence-corrected chi connectivity index (χ1v) is 7.75. The van der Waals surface area contributed by atoms with Gasteiger partial charge in [0, 0.05) is 37.8 Å². The van der Waals surface area contributed by atoms with Crippen molar-refractivity contribution < 1.29 is 0 Å². The van der Waals surface area contributed by atoms with Crippen LogP contribution in [0.1, 0.15) is 32.3 Å². The van der Waals surface area contributed by atoms with Crippen LogP contribution in [0.15, 0.2) is 30.3 Å². The number of benzene rings is 1. The Morgan fingerprint density at radius 2 is 1.70 bits per heavy atom. The molecule has 2 rings (SSSR count). The summed E-state index contributed by atoms with van der Waals surface area (Å²) in [6.07, 6.45) is 0. The number of nitrogens with two attached hydrogens (primary N) is 1. The van der Waals surface area contributed by atoms with Gasteiger partial charge in [-0.15, -0.1) is 0 Å². The van der Waals surface area contributed by atoms with Crippen molar-refractivity contribution in [3.8, 4) is 0 Å². The van der Waals surface area contributed by atoms with Crippen LogP contribution in [0.4, 0.5) is 0 Å². The molecule has 1 aliphatic heterocycles. The average Bonchev–Trinajstić information content (AvgIpc) is 2.46. The summed E-state index contributed by atoms with van der Waals surface area (Å²) < 4.78 is 0. The summed E-state index contributed by atoms with van der Waals surface area (Å²) in [5.41, 5.74) is 7.50. The van der Waals surface area contributed by atoms with Crippen LogP contribution in [-0.4, -0.2) is 54.6 Å². The minimum absolute atomic E-state index is 0.427. The van der Waals surface area contributed by atoms with Crippen molar-refractivity contribution in [3.05, 3.63) is 35.9 Å². The van der Waals surface area contributed by atoms with Gasteiger partial charge in [0.25, 0.3) is 0 Å². The van der Waals surface area contributed by atoms with Gasteiger partial charge in [0.15, 0.2) is 0 Å². The molecular weight excluding hydrogens is 246 g/mol. The second-order valence-electron chi connectivity index (χ2n) is 6.32. The molecule has 1 heterocycles. The third-order valence-electron chi connectivity index (χ3n) is 5.00. The van der Waals surface area contributed by atoms with E-state index in [0.717, 1.165) is 19.6 Å². The molecule has 20 heavy (non-hydrogen) atoms. The van der Waals surface area contributed by atoms with Crippen molar-refractivity contribution in [1.29, 1.82) is 0 Å². The Morgan fingerprint density at radius 1 is 1.15 bits per heavy atom. The van der Waals surface area contributed by atoms with E-state index >= 15 is 0 Å². The molecule has 112 valence electrons. The monoisotopic (exact) mass is 275 g/mol. The van der Waals surface area contributed by atoms with Gasteiger partial charge in [0.05, 0.1) is 0 Å². The van der Waals surface area contributed by atoms with E-state index in [2.05, 4.69) is 68.0 Å². The molecule has 4 atom stereocenters. The molecule has 1 saturated heterocycles. The Kier molecular flexibility index (Phi) is 5.19. The van der Waals surface area contributed by atoms with E-state index < -0.39 is 0 Å². The molecule has 0 aromatic heterocycles. The van der Waals surface area contributed by atoms with Crippen LogP contribution >= 0.6 is 0 Å². The number of piperazine rings is 1. The summed E-state index contributed by atoms with van der Waals surface area (Å²) in [7, 11) is 2.23. The highest BCUT2D eigenvalue weighted by atomic mass is 15.3. The zero-order chi connectivity index (χ0) is 14.7. The summed E-state index contributed by atoms with van der Waals surface area (Å²) in [5, 5.41) is 0. The standard InChI is InChI=1S/C17H29N3/c1-13-11-20(12-14(2)19(13)4)17(10-18)15(3)16-8-6-5-7-9-16/h5-9,13-15,17H,10-12,18H2,1-4H3. The predicted octanol–water partition coefficient (Wildman–Crippen LogP) is 2.14. The minimum atomic E-state index is 0.427. The van der Waals surface area contributed by atoms with Crippen LogP contribution in [-0.2, 0) is 0 Å². The van der Waals surface area contributed by atoms with Gasteiger partial charge in [-0.1, -0.05) is 37.3 Å². The summed E-state index contributed by atoms with van der Waals surface area (Å²) in [6.45, 7) is 9.87. The Hall–Kier alpha value is -0.900. The summed E-state index contributed by atoms with van der Waals surface area (Å²) in [4.78, 5) is 5.06. The van der Waals surface area contributed by atoms with Crippen molar-refractivity contribution in [1.82, 2.24) is 9.80 Å². The molecule has 2 N–H and O–H groups in total. The van der Waals surface area contributed by atoms with Gasteiger partial charge in [0.2, 0.25) is 0 Å². The number of nitrogens with zero attached hydrogens (tertiary/aromatic N) is 2. The molecule has 0 amide bonds. The molecule has 3 heteroatoms. The van der Waals surface area contributed by atoms with Crippen molar-refractivity contribution in [2.45, 2.75) is 44.8 Å². The number of hydrogen-bond acceptors (Lipinski definition) is 3. The van der Waals surface area contributed by atoms with Crippen LogP contribution in [0, 0.1) is 0 Å². The van der Waals surface area contributed by atoms with E-state index in [1.807, 2.05) is 0 Å². The highest BCUT2D eigenvalue weighted by Crippen LogP contribution is 2.25. The smallest absolute Gasteiger partial charge is 0.0285 e. The van der Waals surface area contributed by atoms with E-state index in [-0.39, 0.29) is 0 Å². The van der Waals surface area contributed by atoms with Gasteiger partial charge in [-0.05, 0) is 32.4 Å². The minimum Gasteiger partial charge on any atom is -0.329 e. The van der Waals surface area contributed by atoms with Gasteiger partial charge >= 0.3 is 0 Å². The maximum absolute atomic E-state index is 6.11. The lowest BCUT2D eigenvalue weighted by molar-refractivity contribution is 0.0297. The molecule has 1 aromatic carbocycles. The van der Waals surface area contributed by atoms with Crippen LogP contribution in [0.5, 0.6) is 0 Å². The first kappa shape index (κ1) is 15.5. The lowest BCUT2D eigenvalue weighted by atomic mass is 9.90. The van der Waals surface area contributed by atoms with E-state index in [1.54, 1.807) is 0 Å². The summed E-state index contributed by atoms with van der Waals surface area (Å²) in [5.74, 6) is 0.476. The quantitative estimate of drug-likeness (QED) is 0.914. The van der Waals surface area contributed by atoms with Gasteiger partial charge in [0.1, 0.15) is 0 Å². The zero-order valence-electron chi connectivity index (χ0n) is 13.3. The number of likely N-dealkylation sites (N-methyl/N-ethyl adjacent to an activating group) is 1. The van der Waals surface area contributed by atoms with E-state index in [0.29, 0.717) is 24.0 Å². The van der Waals surface area contributed by atoms with Crippen molar-refractivity contribution in [2.24, 2.45) is 5.73 Å². The molecule has 1 aromatic rings. The Labute approximate surface area is 123 Å². The summed E-state index contributed by atoms with van der Waals surface area (Å²) in [6, 6.07) is 12.4. The second-order valence-corrected chi connectivity index (χ2v) is 6.32. The number of hydrogen-bond donors (Lipinski definition) is 1. The first-order chi connectivity index (χ1) is 9.54. The zero-order valence-corrected chi connectivity index (χ0v) is 13.3. The molecular formula is C17H29N3. The SMILES string of the molecule is CC(c1ccccc1)C(CN)N1CC(C)N(C)C(C)C1. The average molecular weight is 275 g/mol. The summed E-state index contributed by atoms with van der Waals surface area (Å²) >= 11 is 0. The lowest BCUT2D eigenvalue weighted by Gasteiger charge is -2.47. The molecule has 0 saturated carbocycles. The highest BCUT2D eigenvalue weighted by Gasteiger charge is 2.32. The Morgan fingerprint density at radius 3 is 2.20 bits per heavy atom. The molecule has 1 fully saturated rings. The highest BCUT2D eigenvalue weighted by molar-refractivity contribution is 5.21. The second kappa shape index (κ2) is 6.70. The van der Waals surface area contributed by atoms with Crippen molar-refractivity contribution >= 4 is 0 Å². The van der Waals surface area contributed by atoms with Gasteiger partial charge < -0.3 is 5.73 Å². The number of rotatable bonds is 4. The third kappa shape index (κ3) is 3.22. The van der Waals surface area contributed by atoms with Crippen molar-refractivity contribution in [2.75, 3.05) is 26.7 Å². The Balaban J connectivity index is 2.12. The first-order valence-electron chi connectivity index (χ1n) is 7.75. The van der Waals surface area contributed by atoms with Crippen LogP contribution < -0.4 is 5.73 Å². The third-order valence-corrected chi connectivity index (χ3v) is 5.00. The van der Waals surface area contributed by atoms with Crippen LogP contribution in [0.25, 0.3) is 0 Å². The van der Waals surface area contributed by atoms with E-state index in [4.69, 9.17) is 5.73 Å². The largest absolute Gasteiger partial charge is 0.329 e. The lowest BCUT2D eigenvalue weighted by Crippen LogP contribution is -2.59. The van der Waals surface area contributed by atoms with Crippen LogP contribution in [0.3, 0.4) is 0 Å². The van der Waals surface area contributed by atoms with Gasteiger partial charge in [-0.25, -0.2) is 0 Å². The molecule has 0 radical (unpaired) electrons. The topological polar surface area (TPSA) is 32.5 Å². The van der Waals surface area contributed by atoms with E-state index in [9.17, 15) is 0 Å². The maximum atomic E-state index is 6.11. The van der Waals surface area contributed by atoms with Gasteiger partial charge in [-0.2, -0.15) is 0 Å². The normalized spacial score (nSPS) is 28.2. The molecule has 0 bridgehead atoms. The molecule has 0 aliphatic carbocycles. The fourth-order valence-electron chi connectivity index (χ4n) is 3.36. The van der Waals surface area contributed by atoms with E-state index in [1.165, 1.54) is 5.56 Å². The van der Waals surface area contributed by atoms with Crippen LogP contribution in [0.2, 0.25) is 0 Å². The molecule has 4 unspecified atom stereocenters. The Bertz CT molecular complexity index is 394. The molecule has 0 spiro atoms. The predicted molar refractivity (Wildman–Crippen MR) is 86.0 cm³/mol. The fraction of sp³-hybridized carbons (Fsp3) is 0.647. The molecule has 3 nitrogen and oxygen atoms in total. The van der Waals surface area contributed by atoms with Gasteiger partial charge in [-0.3, -0.25) is 9.80 Å². The maximum Gasteiger partial charge on any atom is 0.0285 e.